The zero-order valence-electron chi connectivity index (χ0n) is 28.4. The lowest BCUT2D eigenvalue weighted by molar-refractivity contribution is -0.143. The molecule has 284 valence electrons. The molecule has 0 aromatic heterocycles. The fourth-order valence-electron chi connectivity index (χ4n) is 3.13. The van der Waals surface area contributed by atoms with Crippen LogP contribution in [0, 0.1) is 0 Å². The van der Waals surface area contributed by atoms with Crippen LogP contribution in [-0.2, 0) is 71.2 Å². The topological polar surface area (TPSA) is 186 Å². The lowest BCUT2D eigenvalue weighted by atomic mass is 10.6. The summed E-state index contributed by atoms with van der Waals surface area (Å²) < 4.78 is 69.5. The van der Waals surface area contributed by atoms with E-state index in [9.17, 15) is 9.59 Å². The molecule has 0 unspecified atom stereocenters. The Morgan fingerprint density at radius 2 is 0.688 bits per heavy atom. The van der Waals surface area contributed by atoms with Crippen LogP contribution in [0.15, 0.2) is 12.7 Å². The van der Waals surface area contributed by atoms with E-state index in [1.54, 1.807) is 6.08 Å². The summed E-state index contributed by atoms with van der Waals surface area (Å²) in [6.45, 7) is 14.5. The molecule has 1 amide bonds. The molecule has 0 aromatic carbocycles. The minimum Gasteiger partial charge on any atom is -0.480 e. The summed E-state index contributed by atoms with van der Waals surface area (Å²) in [6, 6.07) is 0. The molecule has 0 saturated heterocycles. The smallest absolute Gasteiger partial charge is 0.329 e. The summed E-state index contributed by atoms with van der Waals surface area (Å²) in [5.41, 5.74) is 0. The number of carbonyl (C=O) groups excluding carboxylic acids is 1. The SMILES string of the molecule is C=CCOCCOCCOCCOCCOCCOCCOCCOCCOCCOCCOCCOCCNC(=O)COCC(=O)O. The van der Waals surface area contributed by atoms with E-state index in [2.05, 4.69) is 16.6 Å². The van der Waals surface area contributed by atoms with Gasteiger partial charge < -0.3 is 72.0 Å². The zero-order valence-corrected chi connectivity index (χ0v) is 28.4. The van der Waals surface area contributed by atoms with Crippen molar-refractivity contribution in [1.82, 2.24) is 5.32 Å². The highest BCUT2D eigenvalue weighted by molar-refractivity contribution is 5.77. The van der Waals surface area contributed by atoms with Crippen molar-refractivity contribution in [3.05, 3.63) is 12.7 Å². The molecule has 0 atom stereocenters. The molecule has 0 radical (unpaired) electrons. The summed E-state index contributed by atoms with van der Waals surface area (Å²) in [7, 11) is 0. The third-order valence-electron chi connectivity index (χ3n) is 5.36. The average Bonchev–Trinajstić information content (AvgIpc) is 3.07. The fourth-order valence-corrected chi connectivity index (χ4v) is 3.13. The molecular weight excluding hydrogens is 642 g/mol. The number of carbonyl (C=O) groups is 2. The van der Waals surface area contributed by atoms with Crippen LogP contribution in [0.2, 0.25) is 0 Å². The van der Waals surface area contributed by atoms with E-state index < -0.39 is 18.5 Å². The summed E-state index contributed by atoms with van der Waals surface area (Å²) in [5, 5.41) is 11.0. The van der Waals surface area contributed by atoms with Gasteiger partial charge in [0.05, 0.1) is 159 Å². The van der Waals surface area contributed by atoms with E-state index >= 15 is 0 Å². The van der Waals surface area contributed by atoms with E-state index in [-0.39, 0.29) is 6.61 Å². The van der Waals surface area contributed by atoms with E-state index in [1.165, 1.54) is 0 Å². The fraction of sp³-hybridized carbons (Fsp3) is 0.871. The third-order valence-corrected chi connectivity index (χ3v) is 5.36. The number of amides is 1. The molecule has 48 heavy (non-hydrogen) atoms. The molecule has 0 fully saturated rings. The molecule has 0 aromatic rings. The van der Waals surface area contributed by atoms with Gasteiger partial charge in [0.1, 0.15) is 13.2 Å². The van der Waals surface area contributed by atoms with Gasteiger partial charge in [0.15, 0.2) is 0 Å². The van der Waals surface area contributed by atoms with Gasteiger partial charge >= 0.3 is 5.97 Å². The Kier molecular flexibility index (Phi) is 39.7. The Labute approximate surface area is 284 Å². The minimum absolute atomic E-state index is 0.299. The molecule has 17 heteroatoms. The molecule has 0 spiro atoms. The Balaban J connectivity index is 3.09. The van der Waals surface area contributed by atoms with Crippen molar-refractivity contribution in [3.8, 4) is 0 Å². The number of carboxylic acids is 1. The first-order chi connectivity index (χ1) is 23.7. The summed E-state index contributed by atoms with van der Waals surface area (Å²) in [6.07, 6.45) is 1.70. The molecule has 0 aliphatic heterocycles. The second-order valence-electron chi connectivity index (χ2n) is 9.34. The van der Waals surface area contributed by atoms with Crippen molar-refractivity contribution >= 4 is 11.9 Å². The van der Waals surface area contributed by atoms with Crippen LogP contribution in [0.5, 0.6) is 0 Å². The van der Waals surface area contributed by atoms with Gasteiger partial charge in [0.2, 0.25) is 5.91 Å². The first-order valence-corrected chi connectivity index (χ1v) is 16.3. The first-order valence-electron chi connectivity index (χ1n) is 16.3. The van der Waals surface area contributed by atoms with E-state index in [4.69, 9.17) is 61.9 Å². The van der Waals surface area contributed by atoms with Crippen LogP contribution >= 0.6 is 0 Å². The predicted molar refractivity (Wildman–Crippen MR) is 171 cm³/mol. The molecule has 0 heterocycles. The molecule has 2 N–H and O–H groups in total. The number of hydrogen-bond donors (Lipinski definition) is 2. The van der Waals surface area contributed by atoms with Gasteiger partial charge in [-0.2, -0.15) is 0 Å². The van der Waals surface area contributed by atoms with Gasteiger partial charge in [0.25, 0.3) is 0 Å². The second kappa shape index (κ2) is 41.3. The number of rotatable bonds is 42. The van der Waals surface area contributed by atoms with Crippen molar-refractivity contribution < 1.29 is 76.3 Å². The maximum atomic E-state index is 11.4. The number of carboxylic acid groups (broad SMARTS) is 1. The highest BCUT2D eigenvalue weighted by atomic mass is 16.6. The average molecular weight is 702 g/mol. The lowest BCUT2D eigenvalue weighted by Gasteiger charge is -2.09. The Morgan fingerprint density at radius 3 is 0.958 bits per heavy atom. The monoisotopic (exact) mass is 701 g/mol. The van der Waals surface area contributed by atoms with Crippen LogP contribution in [0.1, 0.15) is 0 Å². The van der Waals surface area contributed by atoms with E-state index in [1.807, 2.05) is 0 Å². The molecule has 0 saturated carbocycles. The van der Waals surface area contributed by atoms with Crippen LogP contribution in [0.25, 0.3) is 0 Å². The molecule has 0 aliphatic carbocycles. The zero-order chi connectivity index (χ0) is 34.9. The van der Waals surface area contributed by atoms with E-state index in [0.29, 0.717) is 165 Å². The van der Waals surface area contributed by atoms with Crippen molar-refractivity contribution in [2.45, 2.75) is 0 Å². The van der Waals surface area contributed by atoms with E-state index in [0.717, 1.165) is 0 Å². The van der Waals surface area contributed by atoms with Crippen molar-refractivity contribution in [3.63, 3.8) is 0 Å². The van der Waals surface area contributed by atoms with Gasteiger partial charge in [0, 0.05) is 6.54 Å². The number of aliphatic carboxylic acids is 1. The maximum Gasteiger partial charge on any atom is 0.329 e. The summed E-state index contributed by atoms with van der Waals surface area (Å²) in [4.78, 5) is 21.6. The van der Waals surface area contributed by atoms with Crippen molar-refractivity contribution in [1.29, 1.82) is 0 Å². The third kappa shape index (κ3) is 42.2. The lowest BCUT2D eigenvalue weighted by Crippen LogP contribution is -2.31. The molecule has 17 nitrogen and oxygen atoms in total. The molecule has 0 aliphatic rings. The highest BCUT2D eigenvalue weighted by Crippen LogP contribution is 1.87. The minimum atomic E-state index is -1.12. The molecule has 0 bridgehead atoms. The van der Waals surface area contributed by atoms with Gasteiger partial charge in [-0.3, -0.25) is 4.79 Å². The standard InChI is InChI=1S/C31H59NO16/c1-2-4-36-6-8-38-10-12-40-14-16-42-18-20-44-22-24-46-26-27-47-25-23-45-21-19-43-17-15-41-13-11-39-9-7-37-5-3-32-30(33)28-48-29-31(34)35/h2H,1,3-29H2,(H,32,33)(H,34,35). The number of hydrogen-bond acceptors (Lipinski definition) is 15. The Hall–Kier alpha value is -1.84. The highest BCUT2D eigenvalue weighted by Gasteiger charge is 2.03. The Bertz CT molecular complexity index is 691. The summed E-state index contributed by atoms with van der Waals surface area (Å²) >= 11 is 0. The van der Waals surface area contributed by atoms with Gasteiger partial charge in [-0.05, 0) is 0 Å². The van der Waals surface area contributed by atoms with Crippen LogP contribution in [0.4, 0.5) is 0 Å². The number of ether oxygens (including phenoxy) is 13. The largest absolute Gasteiger partial charge is 0.480 e. The first kappa shape index (κ1) is 46.2. The predicted octanol–water partition coefficient (Wildman–Crippen LogP) is -0.411. The normalized spacial score (nSPS) is 11.2. The maximum absolute atomic E-state index is 11.4. The van der Waals surface area contributed by atoms with Gasteiger partial charge in [-0.1, -0.05) is 6.08 Å². The van der Waals surface area contributed by atoms with Crippen molar-refractivity contribution in [2.75, 3.05) is 178 Å². The molecular formula is C31H59NO16. The van der Waals surface area contributed by atoms with Gasteiger partial charge in [-0.15, -0.1) is 6.58 Å². The second-order valence-corrected chi connectivity index (χ2v) is 9.34. The Morgan fingerprint density at radius 1 is 0.417 bits per heavy atom. The molecule has 0 rings (SSSR count). The van der Waals surface area contributed by atoms with Gasteiger partial charge in [-0.25, -0.2) is 4.79 Å². The van der Waals surface area contributed by atoms with Crippen LogP contribution in [-0.4, -0.2) is 195 Å². The number of nitrogens with one attached hydrogen (secondary N) is 1. The summed E-state index contributed by atoms with van der Waals surface area (Å²) in [5.74, 6) is -1.52. The quantitative estimate of drug-likeness (QED) is 0.0617. The van der Waals surface area contributed by atoms with Crippen LogP contribution < -0.4 is 5.32 Å². The van der Waals surface area contributed by atoms with Crippen molar-refractivity contribution in [2.24, 2.45) is 0 Å². The van der Waals surface area contributed by atoms with Crippen LogP contribution in [0.3, 0.4) is 0 Å².